The maximum Gasteiger partial charge on any atom is 0.490 e. The Balaban J connectivity index is 0.000000493. The van der Waals surface area contributed by atoms with Gasteiger partial charge in [-0.2, -0.15) is 18.3 Å². The molecule has 0 saturated carbocycles. The van der Waals surface area contributed by atoms with E-state index in [1.54, 1.807) is 0 Å². The fraction of sp³-hybridized carbons (Fsp3) is 0.481. The van der Waals surface area contributed by atoms with Gasteiger partial charge in [-0.25, -0.2) is 9.78 Å². The first kappa shape index (κ1) is 30.3. The molecule has 1 saturated heterocycles. The molecule has 41 heavy (non-hydrogen) atoms. The van der Waals surface area contributed by atoms with Crippen LogP contribution in [0.3, 0.4) is 0 Å². The molecule has 0 spiro atoms. The van der Waals surface area contributed by atoms with Crippen LogP contribution in [-0.4, -0.2) is 69.3 Å². The third kappa shape index (κ3) is 7.17. The Morgan fingerprint density at radius 1 is 1.32 bits per heavy atom. The van der Waals surface area contributed by atoms with E-state index in [0.29, 0.717) is 13.2 Å². The van der Waals surface area contributed by atoms with Gasteiger partial charge in [0, 0.05) is 31.2 Å². The van der Waals surface area contributed by atoms with E-state index in [1.165, 1.54) is 16.9 Å². The van der Waals surface area contributed by atoms with Crippen molar-refractivity contribution in [2.75, 3.05) is 30.0 Å². The van der Waals surface area contributed by atoms with Gasteiger partial charge in [-0.05, 0) is 51.8 Å². The zero-order valence-corrected chi connectivity index (χ0v) is 24.2. The Bertz CT molecular complexity index is 1430. The van der Waals surface area contributed by atoms with Crippen molar-refractivity contribution in [1.29, 1.82) is 0 Å². The van der Waals surface area contributed by atoms with Crippen LogP contribution in [0.2, 0.25) is 0 Å². The number of aromatic nitrogens is 3. The van der Waals surface area contributed by atoms with E-state index < -0.39 is 12.1 Å². The van der Waals surface area contributed by atoms with Gasteiger partial charge in [0.1, 0.15) is 4.88 Å². The normalized spacial score (nSPS) is 18.2. The summed E-state index contributed by atoms with van der Waals surface area (Å²) in [5.41, 5.74) is 6.06. The first-order valence-corrected chi connectivity index (χ1v) is 13.8. The van der Waals surface area contributed by atoms with Crippen molar-refractivity contribution in [2.24, 2.45) is 7.05 Å². The number of carbonyl (C=O) groups is 2. The molecular formula is C27H33F3N6O4S. The first-order valence-electron chi connectivity index (χ1n) is 13.0. The average molecular weight is 595 g/mol. The highest BCUT2D eigenvalue weighted by atomic mass is 32.1. The fourth-order valence-electron chi connectivity index (χ4n) is 4.81. The van der Waals surface area contributed by atoms with Crippen molar-refractivity contribution < 1.29 is 32.6 Å². The summed E-state index contributed by atoms with van der Waals surface area (Å²) in [5.74, 6) is -2.77. The number of anilines is 3. The van der Waals surface area contributed by atoms with E-state index in [2.05, 4.69) is 51.8 Å². The quantitative estimate of drug-likeness (QED) is 0.398. The Morgan fingerprint density at radius 3 is 2.66 bits per heavy atom. The van der Waals surface area contributed by atoms with Gasteiger partial charge in [-0.1, -0.05) is 23.5 Å². The second-order valence-corrected chi connectivity index (χ2v) is 11.7. The third-order valence-corrected chi connectivity index (χ3v) is 7.98. The maximum atomic E-state index is 12.6. The van der Waals surface area contributed by atoms with Crippen LogP contribution in [0.25, 0.3) is 0 Å². The number of morpholine rings is 1. The number of nitrogens with one attached hydrogen (secondary N) is 2. The minimum atomic E-state index is -5.08. The minimum absolute atomic E-state index is 0.0143. The number of amides is 1. The summed E-state index contributed by atoms with van der Waals surface area (Å²) in [6.45, 7) is 10.2. The molecule has 1 fully saturated rings. The van der Waals surface area contributed by atoms with E-state index in [-0.39, 0.29) is 17.5 Å². The van der Waals surface area contributed by atoms with Gasteiger partial charge >= 0.3 is 12.1 Å². The topological polar surface area (TPSA) is 122 Å². The highest BCUT2D eigenvalue weighted by molar-refractivity contribution is 7.17. The molecule has 1 unspecified atom stereocenters. The zero-order chi connectivity index (χ0) is 30.1. The summed E-state index contributed by atoms with van der Waals surface area (Å²) in [4.78, 5) is 29.5. The number of aryl methyl sites for hydroxylation is 2. The van der Waals surface area contributed by atoms with Crippen LogP contribution in [0, 0.1) is 13.8 Å². The predicted molar refractivity (Wildman–Crippen MR) is 149 cm³/mol. The molecule has 3 aromatic rings. The van der Waals surface area contributed by atoms with Crippen molar-refractivity contribution in [1.82, 2.24) is 20.1 Å². The van der Waals surface area contributed by atoms with Crippen LogP contribution in [0.5, 0.6) is 0 Å². The van der Waals surface area contributed by atoms with Gasteiger partial charge in [-0.3, -0.25) is 9.48 Å². The molecule has 5 rings (SSSR count). The molecule has 1 aromatic carbocycles. The second-order valence-electron chi connectivity index (χ2n) is 10.7. The van der Waals surface area contributed by atoms with Crippen LogP contribution in [-0.2, 0) is 29.4 Å². The number of hydrogen-bond donors (Lipinski definition) is 3. The number of halogens is 3. The van der Waals surface area contributed by atoms with Gasteiger partial charge in [0.2, 0.25) is 0 Å². The van der Waals surface area contributed by atoms with Crippen LogP contribution in [0.15, 0.2) is 24.3 Å². The molecule has 0 bridgehead atoms. The summed E-state index contributed by atoms with van der Waals surface area (Å²) in [7, 11) is 1.96. The summed E-state index contributed by atoms with van der Waals surface area (Å²) < 4.78 is 39.5. The number of carboxylic acid groups (broad SMARTS) is 1. The zero-order valence-electron chi connectivity index (χ0n) is 23.4. The summed E-state index contributed by atoms with van der Waals surface area (Å²) in [6.07, 6.45) is -3.50. The number of benzene rings is 1. The van der Waals surface area contributed by atoms with E-state index in [9.17, 15) is 18.0 Å². The number of carboxylic acids is 1. The molecule has 4 heterocycles. The predicted octanol–water partition coefficient (Wildman–Crippen LogP) is 4.38. The van der Waals surface area contributed by atoms with Crippen LogP contribution in [0.1, 0.15) is 46.2 Å². The molecule has 1 atom stereocenters. The smallest absolute Gasteiger partial charge is 0.475 e. The molecule has 0 aliphatic carbocycles. The van der Waals surface area contributed by atoms with Crippen molar-refractivity contribution >= 4 is 39.7 Å². The number of carbonyl (C=O) groups excluding carboxylic acids is 1. The molecule has 14 heteroatoms. The van der Waals surface area contributed by atoms with Crippen LogP contribution in [0.4, 0.5) is 29.7 Å². The Morgan fingerprint density at radius 2 is 2.02 bits per heavy atom. The Labute approximate surface area is 239 Å². The fourth-order valence-corrected chi connectivity index (χ4v) is 5.88. The number of aliphatic carboxylic acids is 1. The Kier molecular flexibility index (Phi) is 8.64. The van der Waals surface area contributed by atoms with Crippen molar-refractivity contribution in [3.63, 3.8) is 0 Å². The van der Waals surface area contributed by atoms with Crippen molar-refractivity contribution in [3.05, 3.63) is 51.8 Å². The van der Waals surface area contributed by atoms with Gasteiger partial charge in [-0.15, -0.1) is 0 Å². The average Bonchev–Trinajstić information content (AvgIpc) is 3.40. The molecule has 10 nitrogen and oxygen atoms in total. The monoisotopic (exact) mass is 594 g/mol. The number of hydrogen-bond acceptors (Lipinski definition) is 8. The maximum absolute atomic E-state index is 12.6. The lowest BCUT2D eigenvalue weighted by atomic mass is 9.94. The molecule has 2 aliphatic heterocycles. The lowest BCUT2D eigenvalue weighted by molar-refractivity contribution is -0.192. The molecule has 2 aliphatic rings. The molecule has 2 aromatic heterocycles. The number of nitrogens with zero attached hydrogens (tertiary/aromatic N) is 4. The number of rotatable bonds is 5. The molecule has 1 amide bonds. The lowest BCUT2D eigenvalue weighted by Crippen LogP contribution is -2.48. The highest BCUT2D eigenvalue weighted by Crippen LogP contribution is 2.34. The number of alkyl halides is 3. The SMILES string of the molecule is Cc1nn(C)c(C)c1Nc1cccc(CC2COCCN2c2nc3c(s2)C(=O)NC(C)(C)C3)c1.O=C(O)C(F)(F)F. The van der Waals surface area contributed by atoms with E-state index in [0.717, 1.165) is 57.9 Å². The van der Waals surface area contributed by atoms with E-state index in [4.69, 9.17) is 19.6 Å². The first-order chi connectivity index (χ1) is 19.1. The van der Waals surface area contributed by atoms with Crippen LogP contribution >= 0.6 is 11.3 Å². The van der Waals surface area contributed by atoms with E-state index >= 15 is 0 Å². The summed E-state index contributed by atoms with van der Waals surface area (Å²) in [5, 5.41) is 19.2. The summed E-state index contributed by atoms with van der Waals surface area (Å²) in [6, 6.07) is 8.68. The standard InChI is InChI=1S/C25H32N6O2S.C2HF3O2/c1-15-21(16(2)30(5)29-15)26-18-8-6-7-17(11-18)12-19-14-33-10-9-31(19)24-27-20-13-25(3,4)28-23(32)22(20)34-24;3-2(4,5)1(6)7/h6-8,11,19,26H,9-10,12-14H2,1-5H3,(H,28,32);(H,6,7). The van der Waals surface area contributed by atoms with E-state index in [1.807, 2.05) is 32.5 Å². The molecule has 222 valence electrons. The number of ether oxygens (including phenoxy) is 1. The van der Waals surface area contributed by atoms with Crippen molar-refractivity contribution in [2.45, 2.75) is 58.3 Å². The molecular weight excluding hydrogens is 561 g/mol. The highest BCUT2D eigenvalue weighted by Gasteiger charge is 2.38. The Hall–Kier alpha value is -3.65. The van der Waals surface area contributed by atoms with Gasteiger partial charge < -0.3 is 25.4 Å². The van der Waals surface area contributed by atoms with Crippen LogP contribution < -0.4 is 15.5 Å². The van der Waals surface area contributed by atoms with Gasteiger partial charge in [0.25, 0.3) is 5.91 Å². The minimum Gasteiger partial charge on any atom is -0.475 e. The largest absolute Gasteiger partial charge is 0.490 e. The molecule has 0 radical (unpaired) electrons. The lowest BCUT2D eigenvalue weighted by Gasteiger charge is -2.35. The van der Waals surface area contributed by atoms with Gasteiger partial charge in [0.15, 0.2) is 5.13 Å². The van der Waals surface area contributed by atoms with Crippen molar-refractivity contribution in [3.8, 4) is 0 Å². The summed E-state index contributed by atoms with van der Waals surface area (Å²) >= 11 is 1.50. The number of thiazole rings is 1. The van der Waals surface area contributed by atoms with Gasteiger partial charge in [0.05, 0.1) is 42.0 Å². The second kappa shape index (κ2) is 11.7. The third-order valence-electron chi connectivity index (χ3n) is 6.85. The molecule has 3 N–H and O–H groups in total. The number of fused-ring (bicyclic) bond motifs is 1.